The van der Waals surface area contributed by atoms with E-state index in [1.807, 2.05) is 0 Å². The van der Waals surface area contributed by atoms with Crippen LogP contribution in [0.5, 0.6) is 11.5 Å². The fraction of sp³-hybridized carbons (Fsp3) is 0. The normalized spacial score (nSPS) is 10.2. The van der Waals surface area contributed by atoms with Gasteiger partial charge in [0.15, 0.2) is 0 Å². The number of carboxylic acids is 1. The van der Waals surface area contributed by atoms with Gasteiger partial charge in [0.05, 0.1) is 4.92 Å². The number of benzene rings is 2. The molecule has 0 unspecified atom stereocenters. The van der Waals surface area contributed by atoms with Crippen molar-refractivity contribution >= 4 is 39.2 Å². The molecular formula is C13H7BrClNO5. The van der Waals surface area contributed by atoms with Crippen LogP contribution in [-0.2, 0) is 0 Å². The van der Waals surface area contributed by atoms with Gasteiger partial charge in [0.25, 0.3) is 0 Å². The first-order chi connectivity index (χ1) is 9.88. The number of carbonyl (C=O) groups is 1. The minimum atomic E-state index is -1.22. The summed E-state index contributed by atoms with van der Waals surface area (Å²) in [5.74, 6) is -1.38. The first-order valence-corrected chi connectivity index (χ1v) is 6.70. The van der Waals surface area contributed by atoms with Gasteiger partial charge in [-0.2, -0.15) is 0 Å². The third kappa shape index (κ3) is 3.50. The quantitative estimate of drug-likeness (QED) is 0.630. The van der Waals surface area contributed by atoms with Gasteiger partial charge in [-0.05, 0) is 18.2 Å². The highest BCUT2D eigenvalue weighted by Gasteiger charge is 2.19. The molecule has 6 nitrogen and oxygen atoms in total. The first kappa shape index (κ1) is 15.3. The van der Waals surface area contributed by atoms with E-state index in [0.717, 1.165) is 0 Å². The molecule has 0 aliphatic heterocycles. The molecule has 0 radical (unpaired) electrons. The Morgan fingerprint density at radius 1 is 1.24 bits per heavy atom. The number of hydrogen-bond acceptors (Lipinski definition) is 4. The van der Waals surface area contributed by atoms with E-state index in [4.69, 9.17) is 21.4 Å². The topological polar surface area (TPSA) is 89.7 Å². The third-order valence-electron chi connectivity index (χ3n) is 2.51. The predicted octanol–water partition coefficient (Wildman–Crippen LogP) is 4.50. The highest BCUT2D eigenvalue weighted by atomic mass is 79.9. The summed E-state index contributed by atoms with van der Waals surface area (Å²) < 4.78 is 5.95. The molecule has 0 atom stereocenters. The number of ether oxygens (including phenoxy) is 1. The lowest BCUT2D eigenvalue weighted by atomic mass is 10.2. The van der Waals surface area contributed by atoms with Crippen molar-refractivity contribution in [2.75, 3.05) is 0 Å². The molecule has 2 aromatic rings. The molecule has 0 amide bonds. The Balaban J connectivity index is 2.52. The van der Waals surface area contributed by atoms with Crippen molar-refractivity contribution in [2.24, 2.45) is 0 Å². The monoisotopic (exact) mass is 371 g/mol. The Morgan fingerprint density at radius 3 is 2.57 bits per heavy atom. The smallest absolute Gasteiger partial charge is 0.339 e. The second-order valence-corrected chi connectivity index (χ2v) is 5.27. The van der Waals surface area contributed by atoms with Crippen LogP contribution in [0.3, 0.4) is 0 Å². The molecule has 0 aliphatic carbocycles. The van der Waals surface area contributed by atoms with Crippen LogP contribution in [0.1, 0.15) is 10.4 Å². The van der Waals surface area contributed by atoms with Crippen molar-refractivity contribution in [3.8, 4) is 11.5 Å². The summed E-state index contributed by atoms with van der Waals surface area (Å²) in [7, 11) is 0. The van der Waals surface area contributed by atoms with Crippen LogP contribution in [0.2, 0.25) is 5.02 Å². The maximum absolute atomic E-state index is 11.1. The summed E-state index contributed by atoms with van der Waals surface area (Å²) in [4.78, 5) is 21.5. The zero-order chi connectivity index (χ0) is 15.6. The minimum absolute atomic E-state index is 0.0730. The molecule has 108 valence electrons. The van der Waals surface area contributed by atoms with E-state index in [2.05, 4.69) is 15.9 Å². The van der Waals surface area contributed by atoms with Gasteiger partial charge in [-0.25, -0.2) is 4.79 Å². The molecular weight excluding hydrogens is 366 g/mol. The highest BCUT2D eigenvalue weighted by molar-refractivity contribution is 9.10. The number of halogens is 2. The molecule has 0 bridgehead atoms. The molecule has 0 fully saturated rings. The number of carboxylic acid groups (broad SMARTS) is 1. The van der Waals surface area contributed by atoms with Crippen LogP contribution in [0.15, 0.2) is 40.9 Å². The summed E-state index contributed by atoms with van der Waals surface area (Å²) in [5.41, 5.74) is -0.428. The number of aromatic carboxylic acids is 1. The average molecular weight is 373 g/mol. The van der Waals surface area contributed by atoms with Crippen LogP contribution >= 0.6 is 27.5 Å². The zero-order valence-electron chi connectivity index (χ0n) is 10.2. The Hall–Kier alpha value is -2.12. The van der Waals surface area contributed by atoms with Crippen LogP contribution in [0, 0.1) is 10.1 Å². The predicted molar refractivity (Wildman–Crippen MR) is 79.3 cm³/mol. The molecule has 21 heavy (non-hydrogen) atoms. The Kier molecular flexibility index (Phi) is 4.44. The van der Waals surface area contributed by atoms with Gasteiger partial charge >= 0.3 is 11.7 Å². The lowest BCUT2D eigenvalue weighted by Gasteiger charge is -2.09. The van der Waals surface area contributed by atoms with Crippen molar-refractivity contribution in [3.63, 3.8) is 0 Å². The maximum atomic E-state index is 11.1. The second kappa shape index (κ2) is 6.11. The van der Waals surface area contributed by atoms with Crippen molar-refractivity contribution < 1.29 is 19.6 Å². The number of nitro groups is 1. The SMILES string of the molecule is O=C(O)c1ccc(Cl)cc1Oc1cc(Br)ccc1[N+](=O)[O-]. The average Bonchev–Trinajstić information content (AvgIpc) is 2.38. The maximum Gasteiger partial charge on any atom is 0.339 e. The molecule has 8 heteroatoms. The summed E-state index contributed by atoms with van der Waals surface area (Å²) in [5, 5.41) is 20.3. The molecule has 0 saturated heterocycles. The fourth-order valence-corrected chi connectivity index (χ4v) is 2.10. The van der Waals surface area contributed by atoms with Gasteiger partial charge in [-0.1, -0.05) is 27.5 Å². The standard InChI is InChI=1S/C13H7BrClNO5/c14-7-1-4-10(16(19)20)12(5-7)21-11-6-8(15)2-3-9(11)13(17)18/h1-6H,(H,17,18). The molecule has 1 N–H and O–H groups in total. The summed E-state index contributed by atoms with van der Waals surface area (Å²) in [6.07, 6.45) is 0. The van der Waals surface area contributed by atoms with E-state index in [1.165, 1.54) is 36.4 Å². The molecule has 0 spiro atoms. The van der Waals surface area contributed by atoms with Gasteiger partial charge in [0.2, 0.25) is 5.75 Å². The van der Waals surface area contributed by atoms with E-state index in [0.29, 0.717) is 4.47 Å². The lowest BCUT2D eigenvalue weighted by Crippen LogP contribution is -2.01. The Bertz CT molecular complexity index is 673. The van der Waals surface area contributed by atoms with Crippen molar-refractivity contribution in [1.29, 1.82) is 0 Å². The van der Waals surface area contributed by atoms with Crippen LogP contribution < -0.4 is 4.74 Å². The van der Waals surface area contributed by atoms with Gasteiger partial charge < -0.3 is 9.84 Å². The van der Waals surface area contributed by atoms with E-state index in [1.54, 1.807) is 0 Å². The Morgan fingerprint density at radius 2 is 1.95 bits per heavy atom. The molecule has 0 heterocycles. The van der Waals surface area contributed by atoms with Gasteiger partial charge in [0.1, 0.15) is 11.3 Å². The summed E-state index contributed by atoms with van der Waals surface area (Å²) in [6.45, 7) is 0. The number of rotatable bonds is 4. The van der Waals surface area contributed by atoms with Crippen molar-refractivity contribution in [3.05, 3.63) is 61.6 Å². The van der Waals surface area contributed by atoms with Crippen molar-refractivity contribution in [1.82, 2.24) is 0 Å². The highest BCUT2D eigenvalue weighted by Crippen LogP contribution is 2.36. The summed E-state index contributed by atoms with van der Waals surface area (Å²) in [6, 6.07) is 8.07. The van der Waals surface area contributed by atoms with Gasteiger partial charge in [0, 0.05) is 27.7 Å². The second-order valence-electron chi connectivity index (χ2n) is 3.92. The minimum Gasteiger partial charge on any atom is -0.478 e. The van der Waals surface area contributed by atoms with Crippen LogP contribution in [0.4, 0.5) is 5.69 Å². The van der Waals surface area contributed by atoms with E-state index >= 15 is 0 Å². The molecule has 2 aromatic carbocycles. The van der Waals surface area contributed by atoms with E-state index in [-0.39, 0.29) is 27.8 Å². The van der Waals surface area contributed by atoms with E-state index in [9.17, 15) is 14.9 Å². The Labute approximate surface area is 132 Å². The molecule has 0 aromatic heterocycles. The molecule has 2 rings (SSSR count). The third-order valence-corrected chi connectivity index (χ3v) is 3.24. The molecule has 0 saturated carbocycles. The number of nitro benzene ring substituents is 1. The zero-order valence-corrected chi connectivity index (χ0v) is 12.6. The first-order valence-electron chi connectivity index (χ1n) is 5.53. The van der Waals surface area contributed by atoms with Crippen LogP contribution in [-0.4, -0.2) is 16.0 Å². The van der Waals surface area contributed by atoms with Crippen molar-refractivity contribution in [2.45, 2.75) is 0 Å². The van der Waals surface area contributed by atoms with Gasteiger partial charge in [-0.3, -0.25) is 10.1 Å². The van der Waals surface area contributed by atoms with Gasteiger partial charge in [-0.15, -0.1) is 0 Å². The summed E-state index contributed by atoms with van der Waals surface area (Å²) >= 11 is 8.98. The lowest BCUT2D eigenvalue weighted by molar-refractivity contribution is -0.385. The fourth-order valence-electron chi connectivity index (χ4n) is 1.60. The van der Waals surface area contributed by atoms with Crippen LogP contribution in [0.25, 0.3) is 0 Å². The number of nitrogens with zero attached hydrogens (tertiary/aromatic N) is 1. The molecule has 0 aliphatic rings. The van der Waals surface area contributed by atoms with E-state index < -0.39 is 10.9 Å². The number of hydrogen-bond donors (Lipinski definition) is 1. The largest absolute Gasteiger partial charge is 0.478 e.